The molecule has 0 atom stereocenters. The second-order valence-electron chi connectivity index (χ2n) is 6.56. The van der Waals surface area contributed by atoms with Crippen molar-refractivity contribution in [3.05, 3.63) is 49.0 Å². The van der Waals surface area contributed by atoms with Gasteiger partial charge in [-0.25, -0.2) is 0 Å². The molecule has 0 unspecified atom stereocenters. The van der Waals surface area contributed by atoms with Gasteiger partial charge >= 0.3 is 5.69 Å². The first-order valence-corrected chi connectivity index (χ1v) is 10.00. The summed E-state index contributed by atoms with van der Waals surface area (Å²) < 4.78 is 5.39. The van der Waals surface area contributed by atoms with Gasteiger partial charge in [-0.1, -0.05) is 0 Å². The minimum absolute atomic E-state index is 0.00644. The number of non-ortho nitro benzene ring substituents is 1. The van der Waals surface area contributed by atoms with Crippen LogP contribution in [0.4, 0.5) is 34.1 Å². The molecule has 0 saturated carbocycles. The van der Waals surface area contributed by atoms with E-state index >= 15 is 0 Å². The molecule has 1 N–H and O–H groups in total. The highest BCUT2D eigenvalue weighted by Gasteiger charge is 2.24. The zero-order chi connectivity index (χ0) is 24.7. The van der Waals surface area contributed by atoms with Crippen LogP contribution in [-0.4, -0.2) is 36.5 Å². The number of nitro groups is 2. The largest absolute Gasteiger partial charge is 0.494 e. The van der Waals surface area contributed by atoms with Gasteiger partial charge in [-0.15, -0.1) is 10.2 Å². The van der Waals surface area contributed by atoms with Gasteiger partial charge in [-0.3, -0.25) is 25.0 Å². The molecule has 172 valence electrons. The summed E-state index contributed by atoms with van der Waals surface area (Å²) in [6.07, 6.45) is 0.258. The van der Waals surface area contributed by atoms with Gasteiger partial charge in [0.05, 0.1) is 51.4 Å². The molecule has 0 aromatic heterocycles. The van der Waals surface area contributed by atoms with Crippen molar-refractivity contribution in [2.45, 2.75) is 13.3 Å². The molecule has 0 heterocycles. The number of azo groups is 1. The molecule has 0 aliphatic carbocycles. The number of nitriles is 1. The molecule has 2 aromatic rings. The van der Waals surface area contributed by atoms with Gasteiger partial charge in [0.15, 0.2) is 5.69 Å². The Labute approximate surface area is 196 Å². The molecule has 0 saturated heterocycles. The predicted octanol–water partition coefficient (Wildman–Crippen LogP) is 5.00. The Bertz CT molecular complexity index is 1180. The summed E-state index contributed by atoms with van der Waals surface area (Å²) in [4.78, 5) is 34.4. The van der Waals surface area contributed by atoms with Crippen LogP contribution in [0.15, 0.2) is 39.0 Å². The molecule has 0 fully saturated rings. The Balaban J connectivity index is 2.62. The second kappa shape index (κ2) is 11.0. The van der Waals surface area contributed by atoms with Crippen molar-refractivity contribution >= 4 is 56.0 Å². The van der Waals surface area contributed by atoms with Crippen molar-refractivity contribution in [1.82, 2.24) is 0 Å². The first-order chi connectivity index (χ1) is 15.6. The lowest BCUT2D eigenvalue weighted by Crippen LogP contribution is -2.19. The summed E-state index contributed by atoms with van der Waals surface area (Å²) in [7, 11) is 3.17. The van der Waals surface area contributed by atoms with Crippen LogP contribution in [0.3, 0.4) is 0 Å². The van der Waals surface area contributed by atoms with E-state index in [1.54, 1.807) is 18.0 Å². The highest BCUT2D eigenvalue weighted by atomic mass is 79.9. The van der Waals surface area contributed by atoms with Crippen molar-refractivity contribution in [2.75, 3.05) is 30.9 Å². The van der Waals surface area contributed by atoms with Crippen LogP contribution in [0.1, 0.15) is 13.3 Å². The molecule has 0 spiro atoms. The Morgan fingerprint density at radius 3 is 2.48 bits per heavy atom. The average Bonchev–Trinajstić information content (AvgIpc) is 2.75. The highest BCUT2D eigenvalue weighted by Crippen LogP contribution is 2.42. The highest BCUT2D eigenvalue weighted by molar-refractivity contribution is 9.10. The van der Waals surface area contributed by atoms with Crippen molar-refractivity contribution in [1.29, 1.82) is 5.26 Å². The third-order valence-electron chi connectivity index (χ3n) is 4.27. The van der Waals surface area contributed by atoms with E-state index in [1.165, 1.54) is 20.1 Å². The summed E-state index contributed by atoms with van der Waals surface area (Å²) in [6.45, 7) is 1.69. The van der Waals surface area contributed by atoms with Gasteiger partial charge < -0.3 is 15.0 Å². The van der Waals surface area contributed by atoms with Crippen molar-refractivity contribution in [3.8, 4) is 11.8 Å². The molecule has 33 heavy (non-hydrogen) atoms. The van der Waals surface area contributed by atoms with Gasteiger partial charge in [-0.05, 0) is 22.0 Å². The summed E-state index contributed by atoms with van der Waals surface area (Å²) >= 11 is 3.06. The molecule has 0 bridgehead atoms. The number of benzene rings is 2. The molecule has 2 aromatic carbocycles. The Morgan fingerprint density at radius 2 is 1.94 bits per heavy atom. The third kappa shape index (κ3) is 6.20. The smallest absolute Gasteiger partial charge is 0.304 e. The minimum Gasteiger partial charge on any atom is -0.494 e. The normalized spacial score (nSPS) is 10.5. The van der Waals surface area contributed by atoms with Gasteiger partial charge in [0.1, 0.15) is 11.4 Å². The van der Waals surface area contributed by atoms with E-state index in [9.17, 15) is 25.0 Å². The number of carbonyl (C=O) groups is 1. The SMILES string of the molecule is COc1cc(N=Nc2c(Br)cc([N+](=O)[O-])cc2[N+](=O)[O-])c(NC(C)=O)cc1N(C)CCC#N. The van der Waals surface area contributed by atoms with Gasteiger partial charge in [-0.2, -0.15) is 5.26 Å². The first kappa shape index (κ1) is 25.1. The minimum atomic E-state index is -0.811. The number of rotatable bonds is 9. The third-order valence-corrected chi connectivity index (χ3v) is 4.88. The van der Waals surface area contributed by atoms with Crippen LogP contribution in [-0.2, 0) is 4.79 Å². The number of nitrogens with zero attached hydrogens (tertiary/aromatic N) is 6. The maximum atomic E-state index is 11.7. The van der Waals surface area contributed by atoms with E-state index in [-0.39, 0.29) is 28.0 Å². The monoisotopic (exact) mass is 519 g/mol. The number of nitro benzene ring substituents is 2. The fourth-order valence-electron chi connectivity index (χ4n) is 2.75. The quantitative estimate of drug-likeness (QED) is 0.273. The molecular weight excluding hydrogens is 502 g/mol. The molecule has 2 rings (SSSR count). The fourth-order valence-corrected chi connectivity index (χ4v) is 3.27. The maximum absolute atomic E-state index is 11.7. The zero-order valence-electron chi connectivity index (χ0n) is 17.7. The van der Waals surface area contributed by atoms with Gasteiger partial charge in [0, 0.05) is 32.6 Å². The maximum Gasteiger partial charge on any atom is 0.304 e. The summed E-state index contributed by atoms with van der Waals surface area (Å²) in [6, 6.07) is 6.94. The van der Waals surface area contributed by atoms with E-state index in [4.69, 9.17) is 10.00 Å². The number of ether oxygens (including phenoxy) is 1. The molecule has 0 radical (unpaired) electrons. The van der Waals surface area contributed by atoms with Gasteiger partial charge in [0.25, 0.3) is 5.69 Å². The predicted molar refractivity (Wildman–Crippen MR) is 122 cm³/mol. The second-order valence-corrected chi connectivity index (χ2v) is 7.42. The Kier molecular flexibility index (Phi) is 8.35. The van der Waals surface area contributed by atoms with E-state index in [0.29, 0.717) is 18.0 Å². The van der Waals surface area contributed by atoms with Crippen LogP contribution < -0.4 is 15.0 Å². The lowest BCUT2D eigenvalue weighted by molar-refractivity contribution is -0.393. The number of hydrogen-bond donors (Lipinski definition) is 1. The van der Waals surface area contributed by atoms with Gasteiger partial charge in [0.2, 0.25) is 5.91 Å². The number of carbonyl (C=O) groups excluding carboxylic acids is 1. The summed E-state index contributed by atoms with van der Waals surface area (Å²) in [5.74, 6) is -0.0412. The van der Waals surface area contributed by atoms with Crippen LogP contribution in [0, 0.1) is 31.6 Å². The lowest BCUT2D eigenvalue weighted by Gasteiger charge is -2.22. The average molecular weight is 520 g/mol. The van der Waals surface area contributed by atoms with E-state index in [2.05, 4.69) is 31.5 Å². The molecular formula is C19H18BrN7O6. The number of methoxy groups -OCH3 is 1. The van der Waals surface area contributed by atoms with Crippen LogP contribution in [0.5, 0.6) is 5.75 Å². The number of nitrogens with one attached hydrogen (secondary N) is 1. The fraction of sp³-hybridized carbons (Fsp3) is 0.263. The summed E-state index contributed by atoms with van der Waals surface area (Å²) in [5.41, 5.74) is -0.421. The lowest BCUT2D eigenvalue weighted by atomic mass is 10.2. The van der Waals surface area contributed by atoms with E-state index < -0.39 is 27.1 Å². The first-order valence-electron chi connectivity index (χ1n) is 9.20. The number of halogens is 1. The Morgan fingerprint density at radius 1 is 1.24 bits per heavy atom. The molecule has 0 aliphatic heterocycles. The number of amides is 1. The molecule has 1 amide bonds. The summed E-state index contributed by atoms with van der Waals surface area (Å²) in [5, 5.41) is 41.9. The van der Waals surface area contributed by atoms with Crippen molar-refractivity contribution in [2.24, 2.45) is 10.2 Å². The molecule has 13 nitrogen and oxygen atoms in total. The molecule has 14 heteroatoms. The topological polar surface area (TPSA) is 176 Å². The Hall–Kier alpha value is -4.12. The van der Waals surface area contributed by atoms with Crippen molar-refractivity contribution in [3.63, 3.8) is 0 Å². The van der Waals surface area contributed by atoms with Crippen molar-refractivity contribution < 1.29 is 19.4 Å². The zero-order valence-corrected chi connectivity index (χ0v) is 19.3. The molecule has 0 aliphatic rings. The number of anilines is 2. The number of hydrogen-bond acceptors (Lipinski definition) is 10. The van der Waals surface area contributed by atoms with Crippen LogP contribution >= 0.6 is 15.9 Å². The van der Waals surface area contributed by atoms with E-state index in [1.807, 2.05) is 6.07 Å². The standard InChI is InChI=1S/C19H18BrN7O6/c1-11(28)22-14-9-16(25(2)6-4-5-21)18(33-3)10-15(14)23-24-19-13(20)7-12(26(29)30)8-17(19)27(31)32/h7-10H,4,6H2,1-3H3,(H,22,28). The van der Waals surface area contributed by atoms with Crippen LogP contribution in [0.25, 0.3) is 0 Å². The van der Waals surface area contributed by atoms with Crippen LogP contribution in [0.2, 0.25) is 0 Å². The van der Waals surface area contributed by atoms with E-state index in [0.717, 1.165) is 12.1 Å².